The molecule has 0 aliphatic carbocycles. The SMILES string of the molecule is Cl.Cl.FC[C@H](c1cccc(OC(F)(F)C(F)F)c1)N1CCNCC1. The average Bonchev–Trinajstić information content (AvgIpc) is 2.49. The second-order valence-corrected chi connectivity index (χ2v) is 4.99. The molecule has 0 aromatic heterocycles. The van der Waals surface area contributed by atoms with Crippen LogP contribution in [0, 0.1) is 0 Å². The van der Waals surface area contributed by atoms with E-state index in [4.69, 9.17) is 0 Å². The number of alkyl halides is 5. The van der Waals surface area contributed by atoms with Crippen LogP contribution < -0.4 is 10.1 Å². The zero-order valence-electron chi connectivity index (χ0n) is 12.6. The maximum absolute atomic E-state index is 13.4. The van der Waals surface area contributed by atoms with Crippen molar-refractivity contribution in [3.8, 4) is 5.75 Å². The van der Waals surface area contributed by atoms with Crippen molar-refractivity contribution >= 4 is 24.8 Å². The summed E-state index contributed by atoms with van der Waals surface area (Å²) in [4.78, 5) is 1.88. The van der Waals surface area contributed by atoms with Crippen molar-refractivity contribution in [1.29, 1.82) is 0 Å². The van der Waals surface area contributed by atoms with Crippen LogP contribution in [0.2, 0.25) is 0 Å². The number of benzene rings is 1. The van der Waals surface area contributed by atoms with Gasteiger partial charge in [0.15, 0.2) is 0 Å². The lowest BCUT2D eigenvalue weighted by Crippen LogP contribution is -2.45. The highest BCUT2D eigenvalue weighted by atomic mass is 35.5. The summed E-state index contributed by atoms with van der Waals surface area (Å²) in [6, 6.07) is 4.68. The summed E-state index contributed by atoms with van der Waals surface area (Å²) in [5, 5.41) is 3.13. The predicted octanol–water partition coefficient (Wildman–Crippen LogP) is 3.68. The van der Waals surface area contributed by atoms with Gasteiger partial charge >= 0.3 is 12.5 Å². The molecule has 0 bridgehead atoms. The van der Waals surface area contributed by atoms with Crippen molar-refractivity contribution in [3.05, 3.63) is 29.8 Å². The van der Waals surface area contributed by atoms with Gasteiger partial charge in [-0.05, 0) is 17.7 Å². The van der Waals surface area contributed by atoms with Crippen molar-refractivity contribution in [2.45, 2.75) is 18.6 Å². The molecular weight excluding hydrogens is 378 g/mol. The first-order valence-corrected chi connectivity index (χ1v) is 6.89. The molecule has 0 amide bonds. The third-order valence-corrected chi connectivity index (χ3v) is 3.49. The van der Waals surface area contributed by atoms with E-state index in [1.54, 1.807) is 6.07 Å². The van der Waals surface area contributed by atoms with Crippen LogP contribution in [-0.4, -0.2) is 50.3 Å². The summed E-state index contributed by atoms with van der Waals surface area (Å²) in [5.74, 6) is -0.406. The molecule has 1 aliphatic rings. The van der Waals surface area contributed by atoms with Crippen molar-refractivity contribution in [2.24, 2.45) is 0 Å². The highest BCUT2D eigenvalue weighted by Crippen LogP contribution is 2.30. The fourth-order valence-corrected chi connectivity index (χ4v) is 2.38. The summed E-state index contributed by atoms with van der Waals surface area (Å²) in [6.07, 6.45) is -8.50. The van der Waals surface area contributed by atoms with Crippen molar-refractivity contribution < 1.29 is 26.7 Å². The van der Waals surface area contributed by atoms with Gasteiger partial charge in [-0.15, -0.1) is 24.8 Å². The normalized spacial score (nSPS) is 16.9. The van der Waals surface area contributed by atoms with Gasteiger partial charge in [0, 0.05) is 26.2 Å². The third kappa shape index (κ3) is 5.91. The average molecular weight is 397 g/mol. The maximum atomic E-state index is 13.4. The molecule has 0 saturated carbocycles. The fourth-order valence-electron chi connectivity index (χ4n) is 2.38. The summed E-state index contributed by atoms with van der Waals surface area (Å²) in [5.41, 5.74) is 0.423. The van der Waals surface area contributed by atoms with Crippen LogP contribution in [0.5, 0.6) is 5.75 Å². The highest BCUT2D eigenvalue weighted by Gasteiger charge is 2.44. The number of rotatable bonds is 6. The Morgan fingerprint density at radius 1 is 1.17 bits per heavy atom. The van der Waals surface area contributed by atoms with Crippen molar-refractivity contribution in [1.82, 2.24) is 10.2 Å². The van der Waals surface area contributed by atoms with Crippen LogP contribution in [0.1, 0.15) is 11.6 Å². The molecule has 1 atom stereocenters. The Bertz CT molecular complexity index is 490. The second-order valence-electron chi connectivity index (χ2n) is 4.99. The number of hydrogen-bond donors (Lipinski definition) is 1. The molecule has 0 unspecified atom stereocenters. The summed E-state index contributed by atoms with van der Waals surface area (Å²) < 4.78 is 67.6. The predicted molar refractivity (Wildman–Crippen MR) is 85.7 cm³/mol. The summed E-state index contributed by atoms with van der Waals surface area (Å²) >= 11 is 0. The summed E-state index contributed by atoms with van der Waals surface area (Å²) in [6.45, 7) is 1.95. The molecule has 24 heavy (non-hydrogen) atoms. The number of nitrogens with zero attached hydrogens (tertiary/aromatic N) is 1. The standard InChI is InChI=1S/C14H17F5N2O.2ClH/c15-9-12(21-6-4-20-5-7-21)10-2-1-3-11(8-10)22-14(18,19)13(16)17;;/h1-3,8,12-13,20H,4-7,9H2;2*1H/t12-;;/m1../s1. The van der Waals surface area contributed by atoms with E-state index in [0.29, 0.717) is 31.7 Å². The molecule has 2 rings (SSSR count). The lowest BCUT2D eigenvalue weighted by molar-refractivity contribution is -0.253. The van der Waals surface area contributed by atoms with Gasteiger partial charge in [-0.2, -0.15) is 17.6 Å². The van der Waals surface area contributed by atoms with Crippen LogP contribution in [-0.2, 0) is 0 Å². The van der Waals surface area contributed by atoms with E-state index in [-0.39, 0.29) is 24.8 Å². The smallest absolute Gasteiger partial charge is 0.428 e. The number of halogens is 7. The molecule has 1 saturated heterocycles. The van der Waals surface area contributed by atoms with Crippen molar-refractivity contribution in [3.63, 3.8) is 0 Å². The van der Waals surface area contributed by atoms with Crippen molar-refractivity contribution in [2.75, 3.05) is 32.9 Å². The topological polar surface area (TPSA) is 24.5 Å². The Morgan fingerprint density at radius 3 is 2.33 bits per heavy atom. The Balaban J connectivity index is 0.00000264. The quantitative estimate of drug-likeness (QED) is 0.742. The van der Waals surface area contributed by atoms with E-state index in [1.165, 1.54) is 12.1 Å². The van der Waals surface area contributed by atoms with Gasteiger partial charge in [-0.1, -0.05) is 12.1 Å². The second kappa shape index (κ2) is 10.2. The van der Waals surface area contributed by atoms with Crippen LogP contribution in [0.4, 0.5) is 22.0 Å². The van der Waals surface area contributed by atoms with E-state index >= 15 is 0 Å². The molecule has 140 valence electrons. The molecular formula is C14H19Cl2F5N2O. The molecule has 1 aromatic rings. The lowest BCUT2D eigenvalue weighted by Gasteiger charge is -2.33. The van der Waals surface area contributed by atoms with Crippen LogP contribution in [0.3, 0.4) is 0 Å². The van der Waals surface area contributed by atoms with E-state index in [1.807, 2.05) is 4.90 Å². The van der Waals surface area contributed by atoms with E-state index in [9.17, 15) is 22.0 Å². The number of piperazine rings is 1. The Kier molecular flexibility index (Phi) is 9.87. The van der Waals surface area contributed by atoms with Crippen LogP contribution in [0.25, 0.3) is 0 Å². The summed E-state index contributed by atoms with van der Waals surface area (Å²) in [7, 11) is 0. The molecule has 1 aliphatic heterocycles. The van der Waals surface area contributed by atoms with E-state index < -0.39 is 31.0 Å². The number of hydrogen-bond acceptors (Lipinski definition) is 3. The Hall–Kier alpha value is -0.830. The van der Waals surface area contributed by atoms with Gasteiger partial charge in [0.25, 0.3) is 0 Å². The molecule has 3 nitrogen and oxygen atoms in total. The first-order chi connectivity index (χ1) is 10.4. The third-order valence-electron chi connectivity index (χ3n) is 3.49. The minimum absolute atomic E-state index is 0. The minimum atomic E-state index is -4.57. The maximum Gasteiger partial charge on any atom is 0.461 e. The lowest BCUT2D eigenvalue weighted by atomic mass is 10.1. The molecule has 1 N–H and O–H groups in total. The van der Waals surface area contributed by atoms with E-state index in [0.717, 1.165) is 6.07 Å². The van der Waals surface area contributed by atoms with Gasteiger partial charge in [0.1, 0.15) is 12.4 Å². The Labute approximate surface area is 149 Å². The Morgan fingerprint density at radius 2 is 1.79 bits per heavy atom. The molecule has 10 heteroatoms. The molecule has 1 heterocycles. The zero-order valence-corrected chi connectivity index (χ0v) is 14.2. The first-order valence-electron chi connectivity index (χ1n) is 6.89. The van der Waals surface area contributed by atoms with Gasteiger partial charge in [-0.25, -0.2) is 4.39 Å². The fraction of sp³-hybridized carbons (Fsp3) is 0.571. The van der Waals surface area contributed by atoms with Crippen LogP contribution in [0.15, 0.2) is 24.3 Å². The largest absolute Gasteiger partial charge is 0.461 e. The van der Waals surface area contributed by atoms with Crippen LogP contribution >= 0.6 is 24.8 Å². The van der Waals surface area contributed by atoms with Gasteiger partial charge in [0.2, 0.25) is 0 Å². The number of ether oxygens (including phenoxy) is 1. The van der Waals surface area contributed by atoms with E-state index in [2.05, 4.69) is 10.1 Å². The number of nitrogens with one attached hydrogen (secondary N) is 1. The minimum Gasteiger partial charge on any atom is -0.428 e. The van der Waals surface area contributed by atoms with Gasteiger partial charge < -0.3 is 10.1 Å². The molecule has 1 fully saturated rings. The highest BCUT2D eigenvalue weighted by molar-refractivity contribution is 5.85. The van der Waals surface area contributed by atoms with Gasteiger partial charge in [-0.3, -0.25) is 4.90 Å². The molecule has 0 spiro atoms. The monoisotopic (exact) mass is 396 g/mol. The first kappa shape index (κ1) is 23.2. The molecule has 1 aromatic carbocycles. The van der Waals surface area contributed by atoms with Gasteiger partial charge in [0.05, 0.1) is 6.04 Å². The molecule has 0 radical (unpaired) electrons. The zero-order chi connectivity index (χ0) is 16.2.